The highest BCUT2D eigenvalue weighted by Crippen LogP contribution is 2.36. The van der Waals surface area contributed by atoms with Gasteiger partial charge >= 0.3 is 5.97 Å². The van der Waals surface area contributed by atoms with Crippen molar-refractivity contribution in [2.24, 2.45) is 11.3 Å². The maximum Gasteiger partial charge on any atom is 0.311 e. The number of hydrogen-bond acceptors (Lipinski definition) is 2. The van der Waals surface area contributed by atoms with Crippen LogP contribution in [0.25, 0.3) is 0 Å². The number of nitrogens with one attached hydrogen (secondary N) is 1. The zero-order chi connectivity index (χ0) is 13.8. The highest BCUT2D eigenvalue weighted by Gasteiger charge is 2.43. The zero-order valence-electron chi connectivity index (χ0n) is 11.7. The Bertz CT molecular complexity index is 316. The summed E-state index contributed by atoms with van der Waals surface area (Å²) in [6.45, 7) is 5.85. The lowest BCUT2D eigenvalue weighted by Crippen LogP contribution is -2.52. The number of amides is 1. The average Bonchev–Trinajstić information content (AvgIpc) is 2.31. The third-order valence-electron chi connectivity index (χ3n) is 4.26. The van der Waals surface area contributed by atoms with Crippen molar-refractivity contribution in [3.8, 4) is 0 Å². The first-order valence-corrected chi connectivity index (χ1v) is 6.93. The molecule has 0 aliphatic heterocycles. The summed E-state index contributed by atoms with van der Waals surface area (Å²) in [5.74, 6) is -0.454. The van der Waals surface area contributed by atoms with Crippen LogP contribution in [0, 0.1) is 11.3 Å². The summed E-state index contributed by atoms with van der Waals surface area (Å²) < 4.78 is 0. The number of carboxylic acids is 1. The van der Waals surface area contributed by atoms with Crippen LogP contribution in [0.1, 0.15) is 59.3 Å². The van der Waals surface area contributed by atoms with Gasteiger partial charge in [-0.3, -0.25) is 9.59 Å². The van der Waals surface area contributed by atoms with Crippen molar-refractivity contribution in [3.63, 3.8) is 0 Å². The van der Waals surface area contributed by atoms with E-state index in [0.717, 1.165) is 25.7 Å². The molecule has 3 unspecified atom stereocenters. The van der Waals surface area contributed by atoms with E-state index in [4.69, 9.17) is 0 Å². The van der Waals surface area contributed by atoms with Gasteiger partial charge in [0, 0.05) is 12.5 Å². The molecule has 0 radical (unpaired) electrons. The third kappa shape index (κ3) is 3.47. The van der Waals surface area contributed by atoms with E-state index >= 15 is 0 Å². The van der Waals surface area contributed by atoms with E-state index in [9.17, 15) is 14.7 Å². The van der Waals surface area contributed by atoms with Gasteiger partial charge in [-0.1, -0.05) is 33.1 Å². The van der Waals surface area contributed by atoms with Gasteiger partial charge in [0.05, 0.1) is 5.41 Å². The number of carbonyl (C=O) groups excluding carboxylic acids is 1. The standard InChI is InChI=1S/C14H25NO3/c1-4-10(2)9-12(16)15-11-7-5-6-8-14(11,3)13(17)18/h10-11H,4-9H2,1-3H3,(H,15,16)(H,17,18). The molecule has 104 valence electrons. The summed E-state index contributed by atoms with van der Waals surface area (Å²) in [6, 6.07) is -0.222. The minimum absolute atomic E-state index is 0.0104. The second-order valence-corrected chi connectivity index (χ2v) is 5.81. The molecule has 1 saturated carbocycles. The SMILES string of the molecule is CCC(C)CC(=O)NC1CCCCC1(C)C(=O)O. The fourth-order valence-corrected chi connectivity index (χ4v) is 2.54. The van der Waals surface area contributed by atoms with Gasteiger partial charge in [-0.05, 0) is 25.7 Å². The molecule has 1 aliphatic rings. The first kappa shape index (κ1) is 15.0. The summed E-state index contributed by atoms with van der Waals surface area (Å²) in [4.78, 5) is 23.3. The van der Waals surface area contributed by atoms with Crippen molar-refractivity contribution in [2.45, 2.75) is 65.3 Å². The van der Waals surface area contributed by atoms with Gasteiger partial charge < -0.3 is 10.4 Å². The lowest BCUT2D eigenvalue weighted by atomic mass is 9.71. The second-order valence-electron chi connectivity index (χ2n) is 5.81. The van der Waals surface area contributed by atoms with Gasteiger partial charge in [0.25, 0.3) is 0 Å². The lowest BCUT2D eigenvalue weighted by molar-refractivity contribution is -0.152. The first-order valence-electron chi connectivity index (χ1n) is 6.93. The molecule has 0 aromatic heterocycles. The summed E-state index contributed by atoms with van der Waals surface area (Å²) in [6.07, 6.45) is 4.81. The average molecular weight is 255 g/mol. The van der Waals surface area contributed by atoms with Crippen molar-refractivity contribution >= 4 is 11.9 Å². The van der Waals surface area contributed by atoms with E-state index in [0.29, 0.717) is 18.8 Å². The predicted octanol–water partition coefficient (Wildman–Crippen LogP) is 2.57. The highest BCUT2D eigenvalue weighted by molar-refractivity contribution is 5.80. The zero-order valence-corrected chi connectivity index (χ0v) is 11.7. The van der Waals surface area contributed by atoms with E-state index < -0.39 is 11.4 Å². The van der Waals surface area contributed by atoms with Gasteiger partial charge in [0.1, 0.15) is 0 Å². The summed E-state index contributed by atoms with van der Waals surface area (Å²) in [5.41, 5.74) is -0.802. The van der Waals surface area contributed by atoms with Gasteiger partial charge in [-0.15, -0.1) is 0 Å². The number of rotatable bonds is 5. The Morgan fingerprint density at radius 2 is 2.11 bits per heavy atom. The Labute approximate surface area is 109 Å². The molecule has 0 saturated heterocycles. The molecule has 18 heavy (non-hydrogen) atoms. The van der Waals surface area contributed by atoms with Crippen LogP contribution in [0.15, 0.2) is 0 Å². The lowest BCUT2D eigenvalue weighted by Gasteiger charge is -2.38. The van der Waals surface area contributed by atoms with Crippen molar-refractivity contribution in [1.29, 1.82) is 0 Å². The topological polar surface area (TPSA) is 66.4 Å². The van der Waals surface area contributed by atoms with Gasteiger partial charge in [-0.2, -0.15) is 0 Å². The van der Waals surface area contributed by atoms with Gasteiger partial charge in [0.2, 0.25) is 5.91 Å². The van der Waals surface area contributed by atoms with E-state index in [-0.39, 0.29) is 11.9 Å². The molecule has 0 aromatic rings. The molecule has 0 aromatic carbocycles. The molecule has 1 rings (SSSR count). The normalized spacial score (nSPS) is 29.6. The molecule has 0 heterocycles. The molecular weight excluding hydrogens is 230 g/mol. The molecule has 2 N–H and O–H groups in total. The smallest absolute Gasteiger partial charge is 0.311 e. The quantitative estimate of drug-likeness (QED) is 0.793. The van der Waals surface area contributed by atoms with Crippen LogP contribution in [-0.2, 0) is 9.59 Å². The summed E-state index contributed by atoms with van der Waals surface area (Å²) >= 11 is 0. The van der Waals surface area contributed by atoms with Crippen molar-refractivity contribution in [2.75, 3.05) is 0 Å². The van der Waals surface area contributed by atoms with Crippen LogP contribution in [0.3, 0.4) is 0 Å². The second kappa shape index (κ2) is 6.21. The van der Waals surface area contributed by atoms with Crippen LogP contribution in [-0.4, -0.2) is 23.0 Å². The Kier molecular flexibility index (Phi) is 5.17. The minimum Gasteiger partial charge on any atom is -0.481 e. The Hall–Kier alpha value is -1.06. The van der Waals surface area contributed by atoms with E-state index in [2.05, 4.69) is 12.2 Å². The molecule has 4 nitrogen and oxygen atoms in total. The van der Waals surface area contributed by atoms with Crippen LogP contribution in [0.5, 0.6) is 0 Å². The van der Waals surface area contributed by atoms with Crippen LogP contribution >= 0.6 is 0 Å². The molecule has 3 atom stereocenters. The number of hydrogen-bond donors (Lipinski definition) is 2. The Balaban J connectivity index is 2.63. The number of carbonyl (C=O) groups is 2. The third-order valence-corrected chi connectivity index (χ3v) is 4.26. The van der Waals surface area contributed by atoms with E-state index in [1.54, 1.807) is 6.92 Å². The van der Waals surface area contributed by atoms with Crippen molar-refractivity contribution in [3.05, 3.63) is 0 Å². The predicted molar refractivity (Wildman–Crippen MR) is 70.2 cm³/mol. The highest BCUT2D eigenvalue weighted by atomic mass is 16.4. The Morgan fingerprint density at radius 1 is 1.44 bits per heavy atom. The molecule has 1 amide bonds. The molecule has 4 heteroatoms. The first-order chi connectivity index (χ1) is 8.40. The molecule has 0 bridgehead atoms. The summed E-state index contributed by atoms with van der Waals surface area (Å²) in [7, 11) is 0. The molecular formula is C14H25NO3. The monoisotopic (exact) mass is 255 g/mol. The van der Waals surface area contributed by atoms with E-state index in [1.807, 2.05) is 6.92 Å². The fraction of sp³-hybridized carbons (Fsp3) is 0.857. The van der Waals surface area contributed by atoms with Gasteiger partial charge in [-0.25, -0.2) is 0 Å². The van der Waals surface area contributed by atoms with Crippen molar-refractivity contribution in [1.82, 2.24) is 5.32 Å². The minimum atomic E-state index is -0.802. The summed E-state index contributed by atoms with van der Waals surface area (Å²) in [5, 5.41) is 12.3. The Morgan fingerprint density at radius 3 is 2.67 bits per heavy atom. The van der Waals surface area contributed by atoms with Crippen LogP contribution in [0.4, 0.5) is 0 Å². The fourth-order valence-electron chi connectivity index (χ4n) is 2.54. The largest absolute Gasteiger partial charge is 0.481 e. The van der Waals surface area contributed by atoms with Crippen molar-refractivity contribution < 1.29 is 14.7 Å². The maximum absolute atomic E-state index is 11.9. The van der Waals surface area contributed by atoms with Crippen LogP contribution < -0.4 is 5.32 Å². The number of carboxylic acid groups (broad SMARTS) is 1. The molecule has 0 spiro atoms. The maximum atomic E-state index is 11.9. The molecule has 1 fully saturated rings. The van der Waals surface area contributed by atoms with E-state index in [1.165, 1.54) is 0 Å². The number of aliphatic carboxylic acids is 1. The van der Waals surface area contributed by atoms with Gasteiger partial charge in [0.15, 0.2) is 0 Å². The molecule has 1 aliphatic carbocycles. The van der Waals surface area contributed by atoms with Crippen LogP contribution in [0.2, 0.25) is 0 Å².